The average Bonchev–Trinajstić information content (AvgIpc) is 2.61. The van der Waals surface area contributed by atoms with E-state index in [-0.39, 0.29) is 5.75 Å². The molecule has 0 saturated heterocycles. The molecule has 0 radical (unpaired) electrons. The predicted molar refractivity (Wildman–Crippen MR) is 99.4 cm³/mol. The first-order valence-electron chi connectivity index (χ1n) is 8.27. The Hall–Kier alpha value is -2.38. The van der Waals surface area contributed by atoms with Gasteiger partial charge in [-0.25, -0.2) is 4.79 Å². The molecule has 0 rings (SSSR count). The lowest BCUT2D eigenvalue weighted by Crippen LogP contribution is -2.58. The molecular weight excluding hydrogens is 396 g/mol. The Morgan fingerprint density at radius 3 is 1.82 bits per heavy atom. The SMILES string of the molecule is CC(C)C(NC(=O)C(CS)NC(=O)C(CC(=O)O)NC(=O)C(N)CO)C(=O)O. The Balaban J connectivity index is 5.21. The maximum atomic E-state index is 12.3. The molecule has 0 fully saturated rings. The number of amides is 3. The summed E-state index contributed by atoms with van der Waals surface area (Å²) in [5, 5.41) is 33.4. The third-order valence-corrected chi connectivity index (χ3v) is 3.96. The Morgan fingerprint density at radius 1 is 0.929 bits per heavy atom. The summed E-state index contributed by atoms with van der Waals surface area (Å²) >= 11 is 3.93. The van der Waals surface area contributed by atoms with Crippen molar-refractivity contribution in [3.8, 4) is 0 Å². The van der Waals surface area contributed by atoms with Crippen LogP contribution < -0.4 is 21.7 Å². The van der Waals surface area contributed by atoms with Crippen LogP contribution in [0.15, 0.2) is 0 Å². The van der Waals surface area contributed by atoms with Crippen molar-refractivity contribution in [2.45, 2.75) is 44.4 Å². The molecule has 0 bridgehead atoms. The number of carbonyl (C=O) groups is 5. The van der Waals surface area contributed by atoms with E-state index < -0.39 is 72.8 Å². The van der Waals surface area contributed by atoms with Crippen molar-refractivity contribution in [3.05, 3.63) is 0 Å². The molecule has 0 heterocycles. The van der Waals surface area contributed by atoms with Gasteiger partial charge in [-0.15, -0.1) is 0 Å². The lowest BCUT2D eigenvalue weighted by atomic mass is 10.0. The summed E-state index contributed by atoms with van der Waals surface area (Å²) in [4.78, 5) is 58.4. The third kappa shape index (κ3) is 8.54. The van der Waals surface area contributed by atoms with E-state index in [0.717, 1.165) is 0 Å². The van der Waals surface area contributed by atoms with Crippen LogP contribution in [0.5, 0.6) is 0 Å². The minimum Gasteiger partial charge on any atom is -0.481 e. The van der Waals surface area contributed by atoms with Gasteiger partial charge in [-0.2, -0.15) is 12.6 Å². The van der Waals surface area contributed by atoms with Crippen molar-refractivity contribution >= 4 is 42.3 Å². The lowest BCUT2D eigenvalue weighted by molar-refractivity contribution is -0.144. The van der Waals surface area contributed by atoms with E-state index in [1.54, 1.807) is 13.8 Å². The summed E-state index contributed by atoms with van der Waals surface area (Å²) in [6.07, 6.45) is -0.805. The van der Waals surface area contributed by atoms with E-state index in [1.807, 2.05) is 0 Å². The molecule has 0 aliphatic heterocycles. The Bertz CT molecular complexity index is 601. The summed E-state index contributed by atoms with van der Waals surface area (Å²) in [5.74, 6) is -6.12. The Morgan fingerprint density at radius 2 is 1.43 bits per heavy atom. The van der Waals surface area contributed by atoms with Crippen LogP contribution in [-0.4, -0.2) is 81.5 Å². The highest BCUT2D eigenvalue weighted by Gasteiger charge is 2.31. The van der Waals surface area contributed by atoms with Crippen molar-refractivity contribution in [1.82, 2.24) is 16.0 Å². The molecule has 0 aliphatic carbocycles. The number of carboxylic acid groups (broad SMARTS) is 2. The van der Waals surface area contributed by atoms with Crippen LogP contribution in [0, 0.1) is 5.92 Å². The average molecular weight is 422 g/mol. The molecule has 160 valence electrons. The number of carbonyl (C=O) groups excluding carboxylic acids is 3. The molecule has 0 aromatic carbocycles. The van der Waals surface area contributed by atoms with E-state index in [4.69, 9.17) is 21.1 Å². The van der Waals surface area contributed by atoms with E-state index in [1.165, 1.54) is 0 Å². The standard InChI is InChI=1S/C15H26N4O8S/c1-6(2)11(15(26)27)19-14(25)9(5-28)18-13(24)8(3-10(21)22)17-12(23)7(16)4-20/h6-9,11,20,28H,3-5,16H2,1-2H3,(H,17,23)(H,18,24)(H,19,25)(H,21,22)(H,26,27). The van der Waals surface area contributed by atoms with Crippen LogP contribution in [-0.2, 0) is 24.0 Å². The fraction of sp³-hybridized carbons (Fsp3) is 0.667. The van der Waals surface area contributed by atoms with Gasteiger partial charge in [0.05, 0.1) is 13.0 Å². The smallest absolute Gasteiger partial charge is 0.326 e. The number of aliphatic hydroxyl groups excluding tert-OH is 1. The van der Waals surface area contributed by atoms with Crippen molar-refractivity contribution in [1.29, 1.82) is 0 Å². The van der Waals surface area contributed by atoms with Gasteiger partial charge in [0.25, 0.3) is 0 Å². The second kappa shape index (κ2) is 12.2. The number of hydrogen-bond donors (Lipinski definition) is 8. The zero-order valence-corrected chi connectivity index (χ0v) is 16.3. The minimum absolute atomic E-state index is 0.216. The van der Waals surface area contributed by atoms with Gasteiger partial charge in [-0.05, 0) is 5.92 Å². The van der Waals surface area contributed by atoms with Crippen LogP contribution in [0.4, 0.5) is 0 Å². The molecule has 0 aromatic heterocycles. The first-order chi connectivity index (χ1) is 12.9. The van der Waals surface area contributed by atoms with Crippen LogP contribution >= 0.6 is 12.6 Å². The summed E-state index contributed by atoms with van der Waals surface area (Å²) in [6, 6.07) is -5.42. The molecule has 8 N–H and O–H groups in total. The molecular formula is C15H26N4O8S. The zero-order valence-electron chi connectivity index (χ0n) is 15.4. The first kappa shape index (κ1) is 25.6. The maximum Gasteiger partial charge on any atom is 0.326 e. The van der Waals surface area contributed by atoms with Gasteiger partial charge >= 0.3 is 11.9 Å². The summed E-state index contributed by atoms with van der Waals surface area (Å²) in [7, 11) is 0. The van der Waals surface area contributed by atoms with Crippen molar-refractivity contribution in [2.75, 3.05) is 12.4 Å². The van der Waals surface area contributed by atoms with E-state index >= 15 is 0 Å². The molecule has 4 unspecified atom stereocenters. The monoisotopic (exact) mass is 422 g/mol. The van der Waals surface area contributed by atoms with Crippen LogP contribution in [0.25, 0.3) is 0 Å². The molecule has 28 heavy (non-hydrogen) atoms. The molecule has 3 amide bonds. The fourth-order valence-electron chi connectivity index (χ4n) is 1.98. The topological polar surface area (TPSA) is 208 Å². The number of thiol groups is 1. The molecule has 0 aromatic rings. The van der Waals surface area contributed by atoms with Gasteiger partial charge in [0.1, 0.15) is 24.2 Å². The van der Waals surface area contributed by atoms with Gasteiger partial charge in [0.15, 0.2) is 0 Å². The fourth-order valence-corrected chi connectivity index (χ4v) is 2.24. The van der Waals surface area contributed by atoms with Gasteiger partial charge < -0.3 is 37.0 Å². The molecule has 0 spiro atoms. The van der Waals surface area contributed by atoms with Crippen LogP contribution in [0.2, 0.25) is 0 Å². The quantitative estimate of drug-likeness (QED) is 0.150. The first-order valence-corrected chi connectivity index (χ1v) is 8.90. The Kier molecular flexibility index (Phi) is 11.1. The summed E-state index contributed by atoms with van der Waals surface area (Å²) in [6.45, 7) is 2.44. The zero-order chi connectivity index (χ0) is 22.0. The van der Waals surface area contributed by atoms with E-state index in [2.05, 4.69) is 28.6 Å². The molecule has 4 atom stereocenters. The molecule has 13 heteroatoms. The minimum atomic E-state index is -1.57. The van der Waals surface area contributed by atoms with Gasteiger partial charge in [0.2, 0.25) is 17.7 Å². The van der Waals surface area contributed by atoms with Crippen LogP contribution in [0.3, 0.4) is 0 Å². The molecule has 0 aliphatic rings. The highest BCUT2D eigenvalue weighted by Crippen LogP contribution is 2.03. The van der Waals surface area contributed by atoms with Gasteiger partial charge in [0, 0.05) is 5.75 Å². The van der Waals surface area contributed by atoms with Crippen molar-refractivity contribution < 1.29 is 39.3 Å². The normalized spacial score (nSPS) is 15.1. The summed E-state index contributed by atoms with van der Waals surface area (Å²) < 4.78 is 0. The maximum absolute atomic E-state index is 12.3. The molecule has 0 saturated carbocycles. The highest BCUT2D eigenvalue weighted by molar-refractivity contribution is 7.80. The number of rotatable bonds is 12. The third-order valence-electron chi connectivity index (χ3n) is 3.59. The van der Waals surface area contributed by atoms with E-state index in [0.29, 0.717) is 0 Å². The number of aliphatic carboxylic acids is 2. The second-order valence-corrected chi connectivity index (χ2v) is 6.63. The second-order valence-electron chi connectivity index (χ2n) is 6.26. The predicted octanol–water partition coefficient (Wildman–Crippen LogP) is -3.09. The number of hydrogen-bond acceptors (Lipinski definition) is 8. The number of carboxylic acids is 2. The highest BCUT2D eigenvalue weighted by atomic mass is 32.1. The van der Waals surface area contributed by atoms with Crippen molar-refractivity contribution in [3.63, 3.8) is 0 Å². The summed E-state index contributed by atoms with van der Waals surface area (Å²) in [5.41, 5.74) is 5.31. The van der Waals surface area contributed by atoms with Gasteiger partial charge in [-0.1, -0.05) is 13.8 Å². The van der Waals surface area contributed by atoms with Crippen LogP contribution in [0.1, 0.15) is 20.3 Å². The molecule has 12 nitrogen and oxygen atoms in total. The number of aliphatic hydroxyl groups is 1. The largest absolute Gasteiger partial charge is 0.481 e. The number of nitrogens with one attached hydrogen (secondary N) is 3. The van der Waals surface area contributed by atoms with E-state index in [9.17, 15) is 24.0 Å². The number of nitrogens with two attached hydrogens (primary N) is 1. The lowest BCUT2D eigenvalue weighted by Gasteiger charge is -2.24. The van der Waals surface area contributed by atoms with Crippen molar-refractivity contribution in [2.24, 2.45) is 11.7 Å². The van der Waals surface area contributed by atoms with Gasteiger partial charge in [-0.3, -0.25) is 19.2 Å². The Labute approximate surface area is 166 Å².